The second-order valence-corrected chi connectivity index (χ2v) is 5.68. The molecule has 8 heteroatoms. The van der Waals surface area contributed by atoms with E-state index in [1.807, 2.05) is 0 Å². The fourth-order valence-corrected chi connectivity index (χ4v) is 2.65. The smallest absolute Gasteiger partial charge is 0.347 e. The van der Waals surface area contributed by atoms with Gasteiger partial charge in [-0.1, -0.05) is 25.1 Å². The molecule has 1 amide bonds. The summed E-state index contributed by atoms with van der Waals surface area (Å²) in [4.78, 5) is 16.8. The molecule has 0 aliphatic carbocycles. The van der Waals surface area contributed by atoms with Crippen molar-refractivity contribution in [2.24, 2.45) is 0 Å². The molecule has 3 rings (SSSR count). The van der Waals surface area contributed by atoms with Crippen LogP contribution in [0.25, 0.3) is 5.65 Å². The lowest BCUT2D eigenvalue weighted by Gasteiger charge is -2.10. The van der Waals surface area contributed by atoms with Crippen LogP contribution in [-0.4, -0.2) is 15.3 Å². The van der Waals surface area contributed by atoms with E-state index in [0.717, 1.165) is 16.7 Å². The first-order valence-corrected chi connectivity index (χ1v) is 7.91. The van der Waals surface area contributed by atoms with Crippen molar-refractivity contribution in [3.05, 3.63) is 70.9 Å². The topological polar surface area (TPSA) is 46.4 Å². The lowest BCUT2D eigenvalue weighted by atomic mass is 10.2. The van der Waals surface area contributed by atoms with E-state index in [9.17, 15) is 22.4 Å². The van der Waals surface area contributed by atoms with Crippen LogP contribution < -0.4 is 5.32 Å². The molecule has 2 heterocycles. The Morgan fingerprint density at radius 1 is 1.19 bits per heavy atom. The van der Waals surface area contributed by atoms with Crippen LogP contribution in [0.3, 0.4) is 0 Å². The van der Waals surface area contributed by atoms with Crippen molar-refractivity contribution in [2.75, 3.05) is 0 Å². The van der Waals surface area contributed by atoms with Gasteiger partial charge >= 0.3 is 6.18 Å². The van der Waals surface area contributed by atoms with Crippen molar-refractivity contribution in [3.8, 4) is 0 Å². The quantitative estimate of drug-likeness (QED) is 0.711. The Labute approximate surface area is 146 Å². The molecule has 1 aromatic carbocycles. The van der Waals surface area contributed by atoms with Gasteiger partial charge in [0.05, 0.1) is 11.3 Å². The minimum absolute atomic E-state index is 0.0185. The van der Waals surface area contributed by atoms with Crippen LogP contribution in [0, 0.1) is 5.82 Å². The number of hydrogen-bond acceptors (Lipinski definition) is 2. The molecular formula is C18H15F4N3O. The van der Waals surface area contributed by atoms with Crippen LogP contribution >= 0.6 is 0 Å². The highest BCUT2D eigenvalue weighted by molar-refractivity contribution is 5.94. The highest BCUT2D eigenvalue weighted by Gasteiger charge is 2.31. The molecule has 26 heavy (non-hydrogen) atoms. The number of rotatable bonds is 4. The highest BCUT2D eigenvalue weighted by Crippen LogP contribution is 2.30. The molecule has 0 bridgehead atoms. The molecule has 0 aliphatic heterocycles. The molecule has 0 radical (unpaired) electrons. The Kier molecular flexibility index (Phi) is 4.67. The van der Waals surface area contributed by atoms with Crippen molar-refractivity contribution < 1.29 is 22.4 Å². The van der Waals surface area contributed by atoms with Gasteiger partial charge in [0, 0.05) is 18.3 Å². The van der Waals surface area contributed by atoms with Crippen LogP contribution in [0.1, 0.15) is 34.2 Å². The van der Waals surface area contributed by atoms with Crippen molar-refractivity contribution >= 4 is 11.6 Å². The highest BCUT2D eigenvalue weighted by atomic mass is 19.4. The number of carbonyl (C=O) groups excluding carboxylic acids is 1. The number of fused-ring (bicyclic) bond motifs is 1. The normalized spacial score (nSPS) is 11.7. The number of carbonyl (C=O) groups is 1. The molecule has 4 nitrogen and oxygen atoms in total. The molecule has 136 valence electrons. The van der Waals surface area contributed by atoms with E-state index in [0.29, 0.717) is 12.1 Å². The Hall–Kier alpha value is -2.90. The molecule has 0 saturated heterocycles. The standard InChI is InChI=1S/C18H15F4N3O/c1-2-14-16(17(26)23-9-11-5-3-4-6-13(11)19)25-10-12(18(20,21)22)7-8-15(25)24-14/h3-8,10H,2,9H2,1H3,(H,23,26). The zero-order chi connectivity index (χ0) is 18.9. The van der Waals surface area contributed by atoms with E-state index < -0.39 is 23.5 Å². The number of imidazole rings is 1. The van der Waals surface area contributed by atoms with Crippen molar-refractivity contribution in [3.63, 3.8) is 0 Å². The number of nitrogens with zero attached hydrogens (tertiary/aromatic N) is 2. The van der Waals surface area contributed by atoms with E-state index >= 15 is 0 Å². The van der Waals surface area contributed by atoms with Gasteiger partial charge in [-0.05, 0) is 24.6 Å². The Morgan fingerprint density at radius 2 is 1.92 bits per heavy atom. The fourth-order valence-electron chi connectivity index (χ4n) is 2.65. The number of benzene rings is 1. The zero-order valence-corrected chi connectivity index (χ0v) is 13.8. The number of pyridine rings is 1. The predicted octanol–water partition coefficient (Wildman–Crippen LogP) is 3.98. The SMILES string of the molecule is CCc1nc2ccc(C(F)(F)F)cn2c1C(=O)NCc1ccccc1F. The lowest BCUT2D eigenvalue weighted by Crippen LogP contribution is -2.26. The molecular weight excluding hydrogens is 350 g/mol. The van der Waals surface area contributed by atoms with Crippen LogP contribution in [0.2, 0.25) is 0 Å². The zero-order valence-electron chi connectivity index (χ0n) is 13.8. The van der Waals surface area contributed by atoms with E-state index in [4.69, 9.17) is 0 Å². The van der Waals surface area contributed by atoms with Crippen LogP contribution in [0.4, 0.5) is 17.6 Å². The molecule has 0 saturated carbocycles. The summed E-state index contributed by atoms with van der Waals surface area (Å²) in [5.41, 5.74) is 0.0306. The maximum Gasteiger partial charge on any atom is 0.417 e. The number of amides is 1. The van der Waals surface area contributed by atoms with Gasteiger partial charge in [0.15, 0.2) is 0 Å². The summed E-state index contributed by atoms with van der Waals surface area (Å²) in [5.74, 6) is -1.09. The second kappa shape index (κ2) is 6.78. The number of alkyl halides is 3. The van der Waals surface area contributed by atoms with E-state index in [1.165, 1.54) is 24.3 Å². The first kappa shape index (κ1) is 17.9. The molecule has 0 atom stereocenters. The summed E-state index contributed by atoms with van der Waals surface area (Å²) in [6.07, 6.45) is -3.32. The van der Waals surface area contributed by atoms with Crippen molar-refractivity contribution in [2.45, 2.75) is 26.1 Å². The average Bonchev–Trinajstić information content (AvgIpc) is 2.97. The number of halogens is 4. The van der Waals surface area contributed by atoms with Crippen molar-refractivity contribution in [1.82, 2.24) is 14.7 Å². The maximum absolute atomic E-state index is 13.7. The Balaban J connectivity index is 1.96. The molecule has 0 unspecified atom stereocenters. The Morgan fingerprint density at radius 3 is 2.58 bits per heavy atom. The third kappa shape index (κ3) is 3.40. The first-order valence-electron chi connectivity index (χ1n) is 7.91. The van der Waals surface area contributed by atoms with Gasteiger partial charge in [-0.3, -0.25) is 9.20 Å². The first-order chi connectivity index (χ1) is 12.3. The third-order valence-corrected chi connectivity index (χ3v) is 3.97. The minimum atomic E-state index is -4.54. The summed E-state index contributed by atoms with van der Waals surface area (Å²) in [6.45, 7) is 1.67. The molecule has 1 N–H and O–H groups in total. The summed E-state index contributed by atoms with van der Waals surface area (Å²) in [5, 5.41) is 2.55. The van der Waals surface area contributed by atoms with Crippen molar-refractivity contribution in [1.29, 1.82) is 0 Å². The fraction of sp³-hybridized carbons (Fsp3) is 0.222. The van der Waals surface area contributed by atoms with Gasteiger partial charge in [0.1, 0.15) is 17.2 Å². The number of nitrogens with one attached hydrogen (secondary N) is 1. The van der Waals surface area contributed by atoms with Gasteiger partial charge in [-0.15, -0.1) is 0 Å². The van der Waals surface area contributed by atoms with E-state index in [-0.39, 0.29) is 23.4 Å². The predicted molar refractivity (Wildman–Crippen MR) is 87.1 cm³/mol. The molecule has 0 fully saturated rings. The molecule has 0 aliphatic rings. The summed E-state index contributed by atoms with van der Waals surface area (Å²) in [7, 11) is 0. The molecule has 3 aromatic rings. The second-order valence-electron chi connectivity index (χ2n) is 5.68. The number of aryl methyl sites for hydroxylation is 1. The van der Waals surface area contributed by atoms with E-state index in [1.54, 1.807) is 13.0 Å². The van der Waals surface area contributed by atoms with Gasteiger partial charge < -0.3 is 5.32 Å². The Bertz CT molecular complexity index is 963. The lowest BCUT2D eigenvalue weighted by molar-refractivity contribution is -0.137. The number of aromatic nitrogens is 2. The maximum atomic E-state index is 13.7. The minimum Gasteiger partial charge on any atom is -0.347 e. The number of hydrogen-bond donors (Lipinski definition) is 1. The summed E-state index contributed by atoms with van der Waals surface area (Å²) >= 11 is 0. The van der Waals surface area contributed by atoms with E-state index in [2.05, 4.69) is 10.3 Å². The summed E-state index contributed by atoms with van der Waals surface area (Å²) in [6, 6.07) is 8.08. The van der Waals surface area contributed by atoms with Crippen LogP contribution in [-0.2, 0) is 19.1 Å². The summed E-state index contributed by atoms with van der Waals surface area (Å²) < 4.78 is 53.7. The van der Waals surface area contributed by atoms with Crippen LogP contribution in [0.15, 0.2) is 42.6 Å². The van der Waals surface area contributed by atoms with Gasteiger partial charge in [0.25, 0.3) is 5.91 Å². The molecule has 0 spiro atoms. The molecule has 2 aromatic heterocycles. The largest absolute Gasteiger partial charge is 0.417 e. The monoisotopic (exact) mass is 365 g/mol. The van der Waals surface area contributed by atoms with Gasteiger partial charge in [-0.25, -0.2) is 9.37 Å². The van der Waals surface area contributed by atoms with Crippen LogP contribution in [0.5, 0.6) is 0 Å². The van der Waals surface area contributed by atoms with Gasteiger partial charge in [-0.2, -0.15) is 13.2 Å². The third-order valence-electron chi connectivity index (χ3n) is 3.97. The van der Waals surface area contributed by atoms with Gasteiger partial charge in [0.2, 0.25) is 0 Å². The average molecular weight is 365 g/mol.